The molecule has 27 heavy (non-hydrogen) atoms. The minimum Gasteiger partial charge on any atom is -0.367 e. The molecule has 1 aromatic heterocycles. The number of urea groups is 1. The average molecular weight is 392 g/mol. The van der Waals surface area contributed by atoms with Crippen LogP contribution in [0, 0.1) is 5.92 Å². The molecule has 4 amide bonds. The first-order chi connectivity index (χ1) is 13.0. The van der Waals surface area contributed by atoms with Gasteiger partial charge in [-0.15, -0.1) is 0 Å². The topological polar surface area (TPSA) is 94.6 Å². The van der Waals surface area contributed by atoms with Gasteiger partial charge in [0.25, 0.3) is 5.91 Å². The highest BCUT2D eigenvalue weighted by atomic mass is 35.5. The number of amides is 4. The molecule has 8 nitrogen and oxygen atoms in total. The van der Waals surface area contributed by atoms with E-state index in [0.717, 1.165) is 18.5 Å². The van der Waals surface area contributed by atoms with Gasteiger partial charge in [0.05, 0.1) is 16.9 Å². The van der Waals surface area contributed by atoms with Crippen LogP contribution in [-0.4, -0.2) is 59.4 Å². The van der Waals surface area contributed by atoms with E-state index in [9.17, 15) is 14.4 Å². The summed E-state index contributed by atoms with van der Waals surface area (Å²) in [6.45, 7) is 2.64. The van der Waals surface area contributed by atoms with Crippen molar-refractivity contribution in [2.45, 2.75) is 31.2 Å². The molecule has 4 rings (SSSR count). The van der Waals surface area contributed by atoms with Crippen molar-refractivity contribution in [3.63, 3.8) is 0 Å². The Bertz CT molecular complexity index is 776. The van der Waals surface area contributed by atoms with E-state index in [0.29, 0.717) is 37.6 Å². The smallest absolute Gasteiger partial charge is 0.322 e. The molecule has 2 saturated heterocycles. The molecular weight excluding hydrogens is 370 g/mol. The second-order valence-electron chi connectivity index (χ2n) is 7.38. The number of anilines is 1. The first-order valence-corrected chi connectivity index (χ1v) is 9.62. The van der Waals surface area contributed by atoms with Crippen molar-refractivity contribution >= 4 is 35.1 Å². The van der Waals surface area contributed by atoms with E-state index < -0.39 is 11.6 Å². The molecule has 9 heteroatoms. The Labute approximate surface area is 162 Å². The van der Waals surface area contributed by atoms with Crippen LogP contribution in [-0.2, 0) is 9.59 Å². The fourth-order valence-electron chi connectivity index (χ4n) is 4.00. The first-order valence-electron chi connectivity index (χ1n) is 9.25. The Hall–Kier alpha value is -2.35. The second-order valence-corrected chi connectivity index (χ2v) is 7.82. The maximum absolute atomic E-state index is 12.7. The van der Waals surface area contributed by atoms with Crippen LogP contribution < -0.4 is 15.5 Å². The van der Waals surface area contributed by atoms with Gasteiger partial charge in [-0.3, -0.25) is 19.9 Å². The van der Waals surface area contributed by atoms with Gasteiger partial charge in [-0.2, -0.15) is 0 Å². The molecule has 0 bridgehead atoms. The van der Waals surface area contributed by atoms with Crippen LogP contribution in [0.15, 0.2) is 18.5 Å². The summed E-state index contributed by atoms with van der Waals surface area (Å²) in [5.41, 5.74) is 0.0497. The number of imide groups is 1. The van der Waals surface area contributed by atoms with E-state index in [1.807, 2.05) is 11.0 Å². The van der Waals surface area contributed by atoms with Gasteiger partial charge in [0, 0.05) is 38.8 Å². The highest BCUT2D eigenvalue weighted by Gasteiger charge is 2.55. The van der Waals surface area contributed by atoms with Crippen molar-refractivity contribution in [1.82, 2.24) is 20.5 Å². The largest absolute Gasteiger partial charge is 0.367 e. The third-order valence-electron chi connectivity index (χ3n) is 5.66. The Morgan fingerprint density at radius 2 is 1.96 bits per heavy atom. The molecule has 2 N–H and O–H groups in total. The maximum Gasteiger partial charge on any atom is 0.322 e. The van der Waals surface area contributed by atoms with Gasteiger partial charge in [0.15, 0.2) is 0 Å². The predicted octanol–water partition coefficient (Wildman–Crippen LogP) is 1.15. The molecule has 1 aliphatic carbocycles. The number of rotatable bonds is 5. The molecule has 0 radical (unpaired) electrons. The quantitative estimate of drug-likeness (QED) is 0.734. The fourth-order valence-corrected chi connectivity index (χ4v) is 4.17. The predicted molar refractivity (Wildman–Crippen MR) is 99.4 cm³/mol. The highest BCUT2D eigenvalue weighted by molar-refractivity contribution is 6.30. The summed E-state index contributed by atoms with van der Waals surface area (Å²) >= 11 is 6.00. The van der Waals surface area contributed by atoms with Crippen LogP contribution >= 0.6 is 11.6 Å². The highest BCUT2D eigenvalue weighted by Crippen LogP contribution is 2.43. The maximum atomic E-state index is 12.7. The van der Waals surface area contributed by atoms with Crippen molar-refractivity contribution < 1.29 is 14.4 Å². The molecule has 0 spiro atoms. The summed E-state index contributed by atoms with van der Waals surface area (Å²) in [6, 6.07) is 1.41. The zero-order valence-electron chi connectivity index (χ0n) is 14.9. The average Bonchev–Trinajstić information content (AvgIpc) is 3.46. The summed E-state index contributed by atoms with van der Waals surface area (Å²) in [5, 5.41) is 5.69. The lowest BCUT2D eigenvalue weighted by atomic mass is 9.87. The Morgan fingerprint density at radius 3 is 2.56 bits per heavy atom. The number of pyridine rings is 1. The van der Waals surface area contributed by atoms with Crippen molar-refractivity contribution in [3.05, 3.63) is 23.5 Å². The van der Waals surface area contributed by atoms with Crippen LogP contribution in [0.3, 0.4) is 0 Å². The summed E-state index contributed by atoms with van der Waals surface area (Å²) in [4.78, 5) is 44.6. The number of nitrogens with one attached hydrogen (secondary N) is 2. The number of hydrogen-bond donors (Lipinski definition) is 2. The molecule has 2 aliphatic heterocycles. The van der Waals surface area contributed by atoms with Gasteiger partial charge in [0.1, 0.15) is 5.54 Å². The van der Waals surface area contributed by atoms with Crippen molar-refractivity contribution in [2.75, 3.05) is 31.1 Å². The van der Waals surface area contributed by atoms with Gasteiger partial charge >= 0.3 is 6.03 Å². The Morgan fingerprint density at radius 1 is 1.22 bits per heavy atom. The van der Waals surface area contributed by atoms with E-state index >= 15 is 0 Å². The number of piperazine rings is 1. The fraction of sp³-hybridized carbons (Fsp3) is 0.556. The third kappa shape index (κ3) is 3.58. The summed E-state index contributed by atoms with van der Waals surface area (Å²) in [7, 11) is 0. The number of halogens is 1. The lowest BCUT2D eigenvalue weighted by molar-refractivity contribution is -0.132. The van der Waals surface area contributed by atoms with Crippen LogP contribution in [0.2, 0.25) is 5.02 Å². The van der Waals surface area contributed by atoms with E-state index in [1.165, 1.54) is 0 Å². The second kappa shape index (κ2) is 6.99. The molecule has 1 aromatic rings. The lowest BCUT2D eigenvalue weighted by Crippen LogP contribution is -2.51. The van der Waals surface area contributed by atoms with E-state index in [-0.39, 0.29) is 24.2 Å². The number of carbonyl (C=O) groups excluding carboxylic acids is 3. The Balaban J connectivity index is 1.32. The molecule has 144 valence electrons. The summed E-state index contributed by atoms with van der Waals surface area (Å²) < 4.78 is 0. The molecular formula is C18H22ClN5O3. The number of nitrogens with zero attached hydrogens (tertiary/aromatic N) is 3. The zero-order valence-corrected chi connectivity index (χ0v) is 15.7. The standard InChI is InChI=1S/C18H22ClN5O3/c19-13-9-14(11-20-10-13)23-5-7-24(8-6-23)15(25)3-4-18(12-1-2-12)16(26)21-17(27)22-18/h9-12H,1-8H2,(H2,21,22,26,27). The first kappa shape index (κ1) is 18.0. The van der Waals surface area contributed by atoms with Gasteiger partial charge in [-0.1, -0.05) is 11.6 Å². The van der Waals surface area contributed by atoms with Crippen LogP contribution in [0.5, 0.6) is 0 Å². The number of carbonyl (C=O) groups is 3. The Kier molecular flexibility index (Phi) is 4.67. The molecule has 1 unspecified atom stereocenters. The molecule has 0 aromatic carbocycles. The molecule has 1 atom stereocenters. The normalized spacial score (nSPS) is 25.4. The zero-order chi connectivity index (χ0) is 19.0. The van der Waals surface area contributed by atoms with Gasteiger partial charge in [-0.25, -0.2) is 4.79 Å². The minimum absolute atomic E-state index is 0.0212. The molecule has 3 heterocycles. The number of aromatic nitrogens is 1. The van der Waals surface area contributed by atoms with Crippen LogP contribution in [0.1, 0.15) is 25.7 Å². The van der Waals surface area contributed by atoms with E-state index in [2.05, 4.69) is 20.5 Å². The van der Waals surface area contributed by atoms with Gasteiger partial charge in [-0.05, 0) is 31.2 Å². The number of hydrogen-bond acceptors (Lipinski definition) is 5. The van der Waals surface area contributed by atoms with E-state index in [1.54, 1.807) is 12.4 Å². The monoisotopic (exact) mass is 391 g/mol. The lowest BCUT2D eigenvalue weighted by Gasteiger charge is -2.36. The van der Waals surface area contributed by atoms with Crippen molar-refractivity contribution in [2.24, 2.45) is 5.92 Å². The van der Waals surface area contributed by atoms with Gasteiger partial charge < -0.3 is 15.1 Å². The minimum atomic E-state index is -0.902. The van der Waals surface area contributed by atoms with Crippen LogP contribution in [0.4, 0.5) is 10.5 Å². The molecule has 3 aliphatic rings. The molecule has 3 fully saturated rings. The van der Waals surface area contributed by atoms with Gasteiger partial charge in [0.2, 0.25) is 5.91 Å². The van der Waals surface area contributed by atoms with Crippen molar-refractivity contribution in [3.8, 4) is 0 Å². The molecule has 1 saturated carbocycles. The third-order valence-corrected chi connectivity index (χ3v) is 5.87. The van der Waals surface area contributed by atoms with Crippen LogP contribution in [0.25, 0.3) is 0 Å². The van der Waals surface area contributed by atoms with E-state index in [4.69, 9.17) is 11.6 Å². The summed E-state index contributed by atoms with van der Waals surface area (Å²) in [6.07, 6.45) is 5.79. The van der Waals surface area contributed by atoms with Crippen molar-refractivity contribution in [1.29, 1.82) is 0 Å². The SMILES string of the molecule is O=C1NC(=O)C(CCC(=O)N2CCN(c3cncc(Cl)c3)CC2)(C2CC2)N1. The summed E-state index contributed by atoms with van der Waals surface area (Å²) in [5.74, 6) is -0.127.